The molecule has 2 aromatic rings. The van der Waals surface area contributed by atoms with E-state index in [-0.39, 0.29) is 38.6 Å². The third kappa shape index (κ3) is 7.96. The van der Waals surface area contributed by atoms with Crippen molar-refractivity contribution in [3.8, 4) is 0 Å². The number of aromatic nitrogens is 2. The molecule has 0 saturated carbocycles. The average Bonchev–Trinajstić information content (AvgIpc) is 3.20. The van der Waals surface area contributed by atoms with E-state index in [1.807, 2.05) is 5.48 Å². The summed E-state index contributed by atoms with van der Waals surface area (Å²) in [6.45, 7) is -1.27. The minimum absolute atomic E-state index is 0.00442. The highest BCUT2D eigenvalue weighted by Crippen LogP contribution is 2.37. The van der Waals surface area contributed by atoms with Crippen LogP contribution in [0.4, 0.5) is 10.1 Å². The highest BCUT2D eigenvalue weighted by molar-refractivity contribution is 9.10. The van der Waals surface area contributed by atoms with E-state index in [4.69, 9.17) is 10.2 Å². The molecule has 174 valence electrons. The number of carboxylic acids is 2. The van der Waals surface area contributed by atoms with Gasteiger partial charge in [-0.15, -0.1) is 0 Å². The summed E-state index contributed by atoms with van der Waals surface area (Å²) in [5, 5.41) is 39.1. The first-order chi connectivity index (χ1) is 15.1. The second-order valence-electron chi connectivity index (χ2n) is 5.86. The van der Waals surface area contributed by atoms with Gasteiger partial charge >= 0.3 is 11.9 Å². The molecular formula is C15H17BrFN6O7PS. The van der Waals surface area contributed by atoms with Crippen molar-refractivity contribution >= 4 is 58.6 Å². The Balaban J connectivity index is 2.12. The molecule has 0 unspecified atom stereocenters. The Bertz CT molecular complexity index is 1030. The van der Waals surface area contributed by atoms with Crippen LogP contribution in [0.2, 0.25) is 0 Å². The zero-order valence-electron chi connectivity index (χ0n) is 16.0. The molecule has 0 atom stereocenters. The largest absolute Gasteiger partial charge is 0.480 e. The van der Waals surface area contributed by atoms with E-state index in [1.54, 1.807) is 0 Å². The lowest BCUT2D eigenvalue weighted by molar-refractivity contribution is -0.136. The number of carbonyl (C=O) groups is 2. The van der Waals surface area contributed by atoms with Crippen molar-refractivity contribution in [2.75, 3.05) is 25.0 Å². The summed E-state index contributed by atoms with van der Waals surface area (Å²) < 4.78 is 31.0. The molecule has 0 aliphatic rings. The quantitative estimate of drug-likeness (QED) is 0.0727. The van der Waals surface area contributed by atoms with Crippen LogP contribution < -0.4 is 15.7 Å². The van der Waals surface area contributed by atoms with Crippen molar-refractivity contribution in [3.05, 3.63) is 34.2 Å². The molecule has 0 aliphatic heterocycles. The topological polar surface area (TPSA) is 199 Å². The van der Waals surface area contributed by atoms with Gasteiger partial charge in [-0.3, -0.25) is 24.8 Å². The van der Waals surface area contributed by atoms with Crippen molar-refractivity contribution in [2.45, 2.75) is 5.03 Å². The summed E-state index contributed by atoms with van der Waals surface area (Å²) in [6, 6.07) is 3.89. The number of benzene rings is 1. The van der Waals surface area contributed by atoms with Gasteiger partial charge in [0.2, 0.25) is 7.44 Å². The number of aliphatic imine (C=N–C) groups is 1. The molecule has 0 bridgehead atoms. The van der Waals surface area contributed by atoms with Gasteiger partial charge in [0.1, 0.15) is 18.9 Å². The predicted molar refractivity (Wildman–Crippen MR) is 114 cm³/mol. The summed E-state index contributed by atoms with van der Waals surface area (Å²) >= 11 is 4.02. The molecule has 17 heteroatoms. The zero-order valence-corrected chi connectivity index (χ0v) is 19.3. The summed E-state index contributed by atoms with van der Waals surface area (Å²) in [7, 11) is -3.55. The maximum atomic E-state index is 13.4. The van der Waals surface area contributed by atoms with Gasteiger partial charge in [-0.25, -0.2) is 24.2 Å². The Labute approximate surface area is 192 Å². The molecule has 13 nitrogen and oxygen atoms in total. The molecule has 0 fully saturated rings. The summed E-state index contributed by atoms with van der Waals surface area (Å²) in [6.07, 6.45) is -0.144. The molecule has 1 aromatic heterocycles. The third-order valence-corrected chi connectivity index (χ3v) is 7.60. The van der Waals surface area contributed by atoms with E-state index in [0.29, 0.717) is 0 Å². The van der Waals surface area contributed by atoms with Crippen molar-refractivity contribution in [1.29, 1.82) is 0 Å². The minimum atomic E-state index is -3.55. The molecule has 2 rings (SSSR count). The Hall–Kier alpha value is -2.36. The van der Waals surface area contributed by atoms with Gasteiger partial charge in [0.15, 0.2) is 16.6 Å². The van der Waals surface area contributed by atoms with E-state index in [1.165, 1.54) is 18.2 Å². The Morgan fingerprint density at radius 2 is 1.88 bits per heavy atom. The maximum absolute atomic E-state index is 13.4. The second-order valence-corrected chi connectivity index (χ2v) is 10.4. The number of thioether (sulfide) groups is 1. The third-order valence-electron chi connectivity index (χ3n) is 3.55. The molecule has 6 N–H and O–H groups in total. The highest BCUT2D eigenvalue weighted by Gasteiger charge is 2.24. The van der Waals surface area contributed by atoms with Crippen LogP contribution >= 0.6 is 35.1 Å². The van der Waals surface area contributed by atoms with Crippen LogP contribution in [0.1, 0.15) is 5.69 Å². The van der Waals surface area contributed by atoms with Gasteiger partial charge in [0, 0.05) is 11.9 Å². The van der Waals surface area contributed by atoms with Crippen LogP contribution in [0.15, 0.2) is 37.3 Å². The van der Waals surface area contributed by atoms with E-state index in [9.17, 15) is 23.8 Å². The molecule has 0 amide bonds. The molecule has 0 aliphatic carbocycles. The Kier molecular flexibility index (Phi) is 9.74. The number of halogens is 2. The maximum Gasteiger partial charge on any atom is 0.317 e. The smallest absolute Gasteiger partial charge is 0.317 e. The van der Waals surface area contributed by atoms with Gasteiger partial charge < -0.3 is 10.2 Å². The van der Waals surface area contributed by atoms with E-state index < -0.39 is 38.3 Å². The number of aliphatic carboxylic acids is 2. The SMILES string of the molecule is O=C(O)CNP(=O)(CCSc1nonc1C(=Nc1ccc(F)c(Br)c1)NO)NCC(=O)O. The molecular weight excluding hydrogens is 538 g/mol. The molecule has 1 aromatic carbocycles. The van der Waals surface area contributed by atoms with E-state index in [0.717, 1.165) is 11.8 Å². The van der Waals surface area contributed by atoms with Crippen LogP contribution in [-0.2, 0) is 14.2 Å². The van der Waals surface area contributed by atoms with Crippen LogP contribution in [0.5, 0.6) is 0 Å². The van der Waals surface area contributed by atoms with Gasteiger partial charge in [0.25, 0.3) is 0 Å². The van der Waals surface area contributed by atoms with Gasteiger partial charge in [-0.05, 0) is 44.4 Å². The number of hydroxylamine groups is 1. The van der Waals surface area contributed by atoms with Crippen LogP contribution in [-0.4, -0.2) is 68.5 Å². The van der Waals surface area contributed by atoms with Gasteiger partial charge in [-0.2, -0.15) is 0 Å². The number of carboxylic acid groups (broad SMARTS) is 2. The predicted octanol–water partition coefficient (Wildman–Crippen LogP) is 1.66. The lowest BCUT2D eigenvalue weighted by Crippen LogP contribution is -2.32. The average molecular weight is 555 g/mol. The standard InChI is InChI=1S/C15H17BrFN6O7PS/c16-9-5-8(1-2-10(9)17)20-14(21-28)13-15(23-30-22-13)32-4-3-31(29,18-6-11(24)25)19-7-12(26)27/h1-2,5,28H,3-4,6-7H2,(H,20,21)(H,24,25)(H,26,27)(H2,18,19,29). The number of rotatable bonds is 12. The number of nitrogens with zero attached hydrogens (tertiary/aromatic N) is 3. The highest BCUT2D eigenvalue weighted by atomic mass is 79.9. The van der Waals surface area contributed by atoms with Gasteiger partial charge in [-0.1, -0.05) is 11.8 Å². The first-order valence-electron chi connectivity index (χ1n) is 8.56. The molecule has 0 spiro atoms. The van der Waals surface area contributed by atoms with Crippen molar-refractivity contribution in [2.24, 2.45) is 4.99 Å². The van der Waals surface area contributed by atoms with Crippen molar-refractivity contribution in [3.63, 3.8) is 0 Å². The lowest BCUT2D eigenvalue weighted by atomic mass is 10.3. The fourth-order valence-corrected chi connectivity index (χ4v) is 5.63. The van der Waals surface area contributed by atoms with E-state index in [2.05, 4.69) is 46.0 Å². The number of hydrogen-bond donors (Lipinski definition) is 6. The fourth-order valence-electron chi connectivity index (χ4n) is 2.11. The van der Waals surface area contributed by atoms with Crippen LogP contribution in [0, 0.1) is 5.82 Å². The van der Waals surface area contributed by atoms with Crippen molar-refractivity contribution < 1.29 is 38.6 Å². The monoisotopic (exact) mass is 554 g/mol. The Morgan fingerprint density at radius 1 is 1.22 bits per heavy atom. The number of nitrogens with one attached hydrogen (secondary N) is 3. The molecule has 32 heavy (non-hydrogen) atoms. The number of hydrogen-bond acceptors (Lipinski definition) is 9. The second kappa shape index (κ2) is 12.0. The molecule has 1 heterocycles. The first kappa shape index (κ1) is 25.9. The van der Waals surface area contributed by atoms with E-state index >= 15 is 0 Å². The normalized spacial score (nSPS) is 12.0. The number of amidine groups is 1. The zero-order chi connectivity index (χ0) is 23.7. The van der Waals surface area contributed by atoms with Gasteiger partial charge in [0.05, 0.1) is 10.2 Å². The first-order valence-corrected chi connectivity index (χ1v) is 12.2. The lowest BCUT2D eigenvalue weighted by Gasteiger charge is -2.18. The van der Waals surface area contributed by atoms with Crippen molar-refractivity contribution in [1.82, 2.24) is 26.0 Å². The van der Waals surface area contributed by atoms with Crippen LogP contribution in [0.3, 0.4) is 0 Å². The minimum Gasteiger partial charge on any atom is -0.480 e. The molecule has 0 radical (unpaired) electrons. The Morgan fingerprint density at radius 3 is 2.44 bits per heavy atom. The summed E-state index contributed by atoms with van der Waals surface area (Å²) in [4.78, 5) is 25.6. The van der Waals surface area contributed by atoms with Crippen LogP contribution in [0.25, 0.3) is 0 Å². The fraction of sp³-hybridized carbons (Fsp3) is 0.267. The molecule has 0 saturated heterocycles. The summed E-state index contributed by atoms with van der Waals surface area (Å²) in [5.41, 5.74) is 2.13. The summed E-state index contributed by atoms with van der Waals surface area (Å²) in [5.74, 6) is -3.11.